The smallest absolute Gasteiger partial charge is 0.123 e. The molecule has 0 radical (unpaired) electrons. The largest absolute Gasteiger partial charge is 0.496 e. The van der Waals surface area contributed by atoms with Crippen LogP contribution in [0.3, 0.4) is 0 Å². The van der Waals surface area contributed by atoms with E-state index in [-0.39, 0.29) is 0 Å². The van der Waals surface area contributed by atoms with Crippen LogP contribution in [0, 0.1) is 6.92 Å². The normalized spacial score (nSPS) is 15.1. The molecule has 2 heterocycles. The molecule has 1 N–H and O–H groups in total. The summed E-state index contributed by atoms with van der Waals surface area (Å²) in [5, 5.41) is 7.83. The van der Waals surface area contributed by atoms with Gasteiger partial charge in [-0.2, -0.15) is 5.10 Å². The molecule has 1 aromatic carbocycles. The topological polar surface area (TPSA) is 42.3 Å². The number of aromatic nitrogens is 2. The van der Waals surface area contributed by atoms with Crippen LogP contribution in [0.15, 0.2) is 24.4 Å². The number of likely N-dealkylation sites (tertiary alicyclic amines) is 1. The third kappa shape index (κ3) is 3.85. The molecule has 2 aromatic rings. The quantitative estimate of drug-likeness (QED) is 0.890. The van der Waals surface area contributed by atoms with E-state index in [1.54, 1.807) is 7.11 Å². The molecule has 0 spiro atoms. The highest BCUT2D eigenvalue weighted by Gasteiger charge is 2.14. The van der Waals surface area contributed by atoms with Gasteiger partial charge in [-0.3, -0.25) is 9.58 Å². The summed E-state index contributed by atoms with van der Waals surface area (Å²) in [5.74, 6) is 0.984. The Balaban J connectivity index is 1.70. The summed E-state index contributed by atoms with van der Waals surface area (Å²) >= 11 is 0. The van der Waals surface area contributed by atoms with Crippen LogP contribution in [-0.4, -0.2) is 34.9 Å². The van der Waals surface area contributed by atoms with Crippen molar-refractivity contribution < 1.29 is 4.74 Å². The molecule has 0 unspecified atom stereocenters. The van der Waals surface area contributed by atoms with E-state index < -0.39 is 0 Å². The van der Waals surface area contributed by atoms with Crippen LogP contribution in [0.4, 0.5) is 5.69 Å². The van der Waals surface area contributed by atoms with Gasteiger partial charge in [-0.05, 0) is 50.6 Å². The Kier molecular flexibility index (Phi) is 4.86. The number of aryl methyl sites for hydroxylation is 2. The van der Waals surface area contributed by atoms with E-state index in [9.17, 15) is 0 Å². The minimum atomic E-state index is 0.795. The molecule has 23 heavy (non-hydrogen) atoms. The lowest BCUT2D eigenvalue weighted by Gasteiger charge is -2.18. The lowest BCUT2D eigenvalue weighted by molar-refractivity contribution is 0.321. The first-order valence-corrected chi connectivity index (χ1v) is 8.28. The molecule has 1 aliphatic rings. The minimum Gasteiger partial charge on any atom is -0.496 e. The number of nitrogens with one attached hydrogen (secondary N) is 1. The van der Waals surface area contributed by atoms with Gasteiger partial charge in [0.25, 0.3) is 0 Å². The molecule has 0 saturated carbocycles. The van der Waals surface area contributed by atoms with Crippen molar-refractivity contribution in [3.63, 3.8) is 0 Å². The minimum absolute atomic E-state index is 0.795. The third-order valence-electron chi connectivity index (χ3n) is 4.43. The molecule has 1 fully saturated rings. The standard InChI is InChI=1S/C18H26N4O/c1-14-17(13-21(2)20-14)19-11-15-6-7-18(23-3)16(10-15)12-22-8-4-5-9-22/h6-7,10,13,19H,4-5,8-9,11-12H2,1-3H3. The lowest BCUT2D eigenvalue weighted by atomic mass is 10.1. The predicted octanol–water partition coefficient (Wildman–Crippen LogP) is 2.95. The molecule has 5 heteroatoms. The van der Waals surface area contributed by atoms with Gasteiger partial charge in [0.1, 0.15) is 5.75 Å². The van der Waals surface area contributed by atoms with Gasteiger partial charge >= 0.3 is 0 Å². The fraction of sp³-hybridized carbons (Fsp3) is 0.500. The Labute approximate surface area is 138 Å². The average molecular weight is 314 g/mol. The first kappa shape index (κ1) is 15.9. The highest BCUT2D eigenvalue weighted by atomic mass is 16.5. The van der Waals surface area contributed by atoms with E-state index in [0.717, 1.165) is 30.2 Å². The van der Waals surface area contributed by atoms with Crippen molar-refractivity contribution in [3.05, 3.63) is 41.2 Å². The zero-order chi connectivity index (χ0) is 16.2. The number of nitrogens with zero attached hydrogens (tertiary/aromatic N) is 3. The van der Waals surface area contributed by atoms with E-state index in [4.69, 9.17) is 4.74 Å². The van der Waals surface area contributed by atoms with Crippen LogP contribution < -0.4 is 10.1 Å². The Morgan fingerprint density at radius 1 is 1.26 bits per heavy atom. The summed E-state index contributed by atoms with van der Waals surface area (Å²) in [6.45, 7) is 6.18. The van der Waals surface area contributed by atoms with Gasteiger partial charge in [-0.15, -0.1) is 0 Å². The van der Waals surface area contributed by atoms with Gasteiger partial charge in [-0.25, -0.2) is 0 Å². The molecule has 0 bridgehead atoms. The predicted molar refractivity (Wildman–Crippen MR) is 92.8 cm³/mol. The maximum Gasteiger partial charge on any atom is 0.123 e. The van der Waals surface area contributed by atoms with E-state index >= 15 is 0 Å². The molecule has 0 atom stereocenters. The van der Waals surface area contributed by atoms with Gasteiger partial charge in [0.2, 0.25) is 0 Å². The van der Waals surface area contributed by atoms with Gasteiger partial charge in [0.05, 0.1) is 18.5 Å². The van der Waals surface area contributed by atoms with Crippen LogP contribution in [0.25, 0.3) is 0 Å². The zero-order valence-electron chi connectivity index (χ0n) is 14.3. The Bertz CT molecular complexity index is 659. The Morgan fingerprint density at radius 2 is 2.04 bits per heavy atom. The second-order valence-corrected chi connectivity index (χ2v) is 6.28. The number of anilines is 1. The number of hydrogen-bond acceptors (Lipinski definition) is 4. The Morgan fingerprint density at radius 3 is 2.70 bits per heavy atom. The van der Waals surface area contributed by atoms with Crippen LogP contribution in [0.5, 0.6) is 5.75 Å². The zero-order valence-corrected chi connectivity index (χ0v) is 14.3. The molecular weight excluding hydrogens is 288 g/mol. The summed E-state index contributed by atoms with van der Waals surface area (Å²) in [4.78, 5) is 2.50. The summed E-state index contributed by atoms with van der Waals surface area (Å²) in [7, 11) is 3.69. The molecule has 3 rings (SSSR count). The number of benzene rings is 1. The fourth-order valence-electron chi connectivity index (χ4n) is 3.22. The molecule has 0 amide bonds. The fourth-order valence-corrected chi connectivity index (χ4v) is 3.22. The van der Waals surface area contributed by atoms with E-state index in [1.807, 2.05) is 24.9 Å². The van der Waals surface area contributed by atoms with E-state index in [1.165, 1.54) is 37.1 Å². The molecule has 1 aliphatic heterocycles. The Hall–Kier alpha value is -2.01. The second-order valence-electron chi connectivity index (χ2n) is 6.28. The highest BCUT2D eigenvalue weighted by molar-refractivity contribution is 5.47. The first-order chi connectivity index (χ1) is 11.2. The summed E-state index contributed by atoms with van der Waals surface area (Å²) in [5.41, 5.74) is 4.66. The van der Waals surface area contributed by atoms with Crippen molar-refractivity contribution >= 4 is 5.69 Å². The van der Waals surface area contributed by atoms with Crippen LogP contribution >= 0.6 is 0 Å². The summed E-state index contributed by atoms with van der Waals surface area (Å²) in [6, 6.07) is 6.47. The van der Waals surface area contributed by atoms with Gasteiger partial charge in [0.15, 0.2) is 0 Å². The molecule has 124 valence electrons. The maximum absolute atomic E-state index is 5.54. The summed E-state index contributed by atoms with van der Waals surface area (Å²) < 4.78 is 7.37. The van der Waals surface area contributed by atoms with Gasteiger partial charge < -0.3 is 10.1 Å². The highest BCUT2D eigenvalue weighted by Crippen LogP contribution is 2.24. The summed E-state index contributed by atoms with van der Waals surface area (Å²) in [6.07, 6.45) is 4.64. The number of ether oxygens (including phenoxy) is 1. The van der Waals surface area contributed by atoms with E-state index in [0.29, 0.717) is 0 Å². The molecule has 1 saturated heterocycles. The lowest BCUT2D eigenvalue weighted by Crippen LogP contribution is -2.19. The van der Waals surface area contributed by atoms with Crippen LogP contribution in [0.1, 0.15) is 29.7 Å². The van der Waals surface area contributed by atoms with Crippen molar-refractivity contribution in [2.75, 3.05) is 25.5 Å². The number of hydrogen-bond donors (Lipinski definition) is 1. The maximum atomic E-state index is 5.54. The molecule has 5 nitrogen and oxygen atoms in total. The van der Waals surface area contributed by atoms with Crippen molar-refractivity contribution in [2.24, 2.45) is 7.05 Å². The van der Waals surface area contributed by atoms with Crippen molar-refractivity contribution in [2.45, 2.75) is 32.9 Å². The first-order valence-electron chi connectivity index (χ1n) is 8.28. The molecular formula is C18H26N4O. The SMILES string of the molecule is COc1ccc(CNc2cn(C)nc2C)cc1CN1CCCC1. The van der Waals surface area contributed by atoms with E-state index in [2.05, 4.69) is 33.5 Å². The average Bonchev–Trinajstić information content (AvgIpc) is 3.15. The van der Waals surface area contributed by atoms with Crippen LogP contribution in [-0.2, 0) is 20.1 Å². The number of methoxy groups -OCH3 is 1. The van der Waals surface area contributed by atoms with Crippen LogP contribution in [0.2, 0.25) is 0 Å². The van der Waals surface area contributed by atoms with Gasteiger partial charge in [0, 0.05) is 31.9 Å². The molecule has 1 aromatic heterocycles. The molecule has 0 aliphatic carbocycles. The third-order valence-corrected chi connectivity index (χ3v) is 4.43. The van der Waals surface area contributed by atoms with Gasteiger partial charge in [-0.1, -0.05) is 6.07 Å². The second kappa shape index (κ2) is 7.04. The number of rotatable bonds is 6. The monoisotopic (exact) mass is 314 g/mol. The van der Waals surface area contributed by atoms with Crippen molar-refractivity contribution in [3.8, 4) is 5.75 Å². The van der Waals surface area contributed by atoms with Crippen molar-refractivity contribution in [1.82, 2.24) is 14.7 Å². The van der Waals surface area contributed by atoms with Crippen molar-refractivity contribution in [1.29, 1.82) is 0 Å².